The fourth-order valence-corrected chi connectivity index (χ4v) is 5.94. The van der Waals surface area contributed by atoms with E-state index in [4.69, 9.17) is 9.47 Å². The Kier molecular flexibility index (Phi) is 4.70. The summed E-state index contributed by atoms with van der Waals surface area (Å²) in [5.41, 5.74) is 3.06. The van der Waals surface area contributed by atoms with Gasteiger partial charge in [0.05, 0.1) is 18.4 Å². The third kappa shape index (κ3) is 2.57. The van der Waals surface area contributed by atoms with E-state index in [0.717, 1.165) is 22.3 Å². The van der Waals surface area contributed by atoms with Gasteiger partial charge in [-0.25, -0.2) is 0 Å². The van der Waals surface area contributed by atoms with Crippen molar-refractivity contribution in [3.63, 3.8) is 0 Å². The summed E-state index contributed by atoms with van der Waals surface area (Å²) in [5, 5.41) is 0. The highest BCUT2D eigenvalue weighted by atomic mass is 16.5. The Morgan fingerprint density at radius 1 is 1.00 bits per heavy atom. The van der Waals surface area contributed by atoms with Gasteiger partial charge in [-0.2, -0.15) is 0 Å². The Balaban J connectivity index is 1.57. The molecule has 1 saturated heterocycles. The number of methoxy groups -OCH3 is 1. The molecule has 160 valence electrons. The summed E-state index contributed by atoms with van der Waals surface area (Å²) in [6, 6.07) is 16.0. The molecule has 4 aliphatic rings. The summed E-state index contributed by atoms with van der Waals surface area (Å²) >= 11 is 0. The number of rotatable bonds is 6. The molecule has 6 rings (SSSR count). The first-order valence-electron chi connectivity index (χ1n) is 10.8. The molecule has 0 aromatic heterocycles. The standard InChI is InChI=1S/C25H25NO5/c1-3-31-19(27)13-8-14-26-23(28)21-20-15-9-4-6-11-17(15)25(30-2,22(21)24(26)29)18-12-7-5-10-16(18)20/h4-7,9-12,20-22H,3,8,13-14H2,1-2H3/t20?,21-,22+,25?/m1/s1. The van der Waals surface area contributed by atoms with Crippen LogP contribution >= 0.6 is 0 Å². The highest BCUT2D eigenvalue weighted by Crippen LogP contribution is 2.64. The summed E-state index contributed by atoms with van der Waals surface area (Å²) in [6.45, 7) is 2.28. The number of benzene rings is 2. The molecule has 2 amide bonds. The van der Waals surface area contributed by atoms with Crippen molar-refractivity contribution in [1.82, 2.24) is 4.90 Å². The van der Waals surface area contributed by atoms with Crippen LogP contribution in [0.4, 0.5) is 0 Å². The average Bonchev–Trinajstić information content (AvgIpc) is 3.05. The molecule has 2 atom stereocenters. The number of ether oxygens (including phenoxy) is 2. The molecule has 1 aliphatic heterocycles. The zero-order valence-electron chi connectivity index (χ0n) is 17.7. The number of carbonyl (C=O) groups excluding carboxylic acids is 3. The fourth-order valence-electron chi connectivity index (χ4n) is 5.94. The smallest absolute Gasteiger partial charge is 0.305 e. The second kappa shape index (κ2) is 7.31. The molecular weight excluding hydrogens is 394 g/mol. The van der Waals surface area contributed by atoms with Crippen molar-refractivity contribution in [3.05, 3.63) is 70.8 Å². The minimum atomic E-state index is -0.991. The third-order valence-electron chi connectivity index (χ3n) is 7.02. The number of esters is 1. The van der Waals surface area contributed by atoms with Gasteiger partial charge >= 0.3 is 5.97 Å². The molecule has 1 fully saturated rings. The van der Waals surface area contributed by atoms with Gasteiger partial charge in [0.25, 0.3) is 0 Å². The molecule has 0 saturated carbocycles. The van der Waals surface area contributed by atoms with Gasteiger partial charge < -0.3 is 9.47 Å². The molecule has 2 aromatic carbocycles. The van der Waals surface area contributed by atoms with E-state index in [9.17, 15) is 14.4 Å². The highest BCUT2D eigenvalue weighted by Gasteiger charge is 2.68. The molecule has 0 unspecified atom stereocenters. The summed E-state index contributed by atoms with van der Waals surface area (Å²) < 4.78 is 11.2. The van der Waals surface area contributed by atoms with Crippen molar-refractivity contribution in [2.24, 2.45) is 11.8 Å². The van der Waals surface area contributed by atoms with Crippen LogP contribution in [0.25, 0.3) is 0 Å². The normalized spacial score (nSPS) is 27.7. The fraction of sp³-hybridized carbons (Fsp3) is 0.400. The summed E-state index contributed by atoms with van der Waals surface area (Å²) in [6.07, 6.45) is 0.569. The molecule has 6 nitrogen and oxygen atoms in total. The van der Waals surface area contributed by atoms with Gasteiger partial charge in [0, 0.05) is 26.0 Å². The monoisotopic (exact) mass is 419 g/mol. The molecule has 0 N–H and O–H groups in total. The first-order valence-corrected chi connectivity index (χ1v) is 10.8. The van der Waals surface area contributed by atoms with Crippen molar-refractivity contribution < 1.29 is 23.9 Å². The van der Waals surface area contributed by atoms with Crippen LogP contribution in [-0.4, -0.2) is 42.9 Å². The van der Waals surface area contributed by atoms with Crippen LogP contribution in [0.15, 0.2) is 48.5 Å². The maximum Gasteiger partial charge on any atom is 0.305 e. The molecule has 3 aliphatic carbocycles. The third-order valence-corrected chi connectivity index (χ3v) is 7.02. The van der Waals surface area contributed by atoms with Crippen LogP contribution in [0.2, 0.25) is 0 Å². The minimum absolute atomic E-state index is 0.172. The number of nitrogens with zero attached hydrogens (tertiary/aromatic N) is 1. The maximum atomic E-state index is 13.6. The average molecular weight is 419 g/mol. The van der Waals surface area contributed by atoms with E-state index in [1.165, 1.54) is 4.90 Å². The lowest BCUT2D eigenvalue weighted by molar-refractivity contribution is -0.146. The second-order valence-corrected chi connectivity index (χ2v) is 8.33. The zero-order valence-corrected chi connectivity index (χ0v) is 17.7. The van der Waals surface area contributed by atoms with Gasteiger partial charge in [-0.3, -0.25) is 19.3 Å². The number of amides is 2. The van der Waals surface area contributed by atoms with E-state index in [2.05, 4.69) is 0 Å². The first-order chi connectivity index (χ1) is 15.1. The quantitative estimate of drug-likeness (QED) is 0.532. The minimum Gasteiger partial charge on any atom is -0.466 e. The van der Waals surface area contributed by atoms with Crippen LogP contribution in [0.1, 0.15) is 47.9 Å². The number of imide groups is 1. The molecule has 6 heteroatoms. The molecule has 0 spiro atoms. The van der Waals surface area contributed by atoms with E-state index in [0.29, 0.717) is 13.0 Å². The SMILES string of the molecule is CCOC(=O)CCCN1C(=O)[C@@H]2C3c4ccccc4C(OC)(c4ccccc43)[C@@H]2C1=O. The predicted octanol–water partition coefficient (Wildman–Crippen LogP) is 2.98. The van der Waals surface area contributed by atoms with E-state index in [-0.39, 0.29) is 36.7 Å². The van der Waals surface area contributed by atoms with Gasteiger partial charge in [-0.05, 0) is 35.6 Å². The lowest BCUT2D eigenvalue weighted by Crippen LogP contribution is -2.54. The van der Waals surface area contributed by atoms with Crippen LogP contribution in [0.5, 0.6) is 0 Å². The number of likely N-dealkylation sites (tertiary alicyclic amines) is 1. The van der Waals surface area contributed by atoms with E-state index in [1.54, 1.807) is 14.0 Å². The number of hydrogen-bond donors (Lipinski definition) is 0. The van der Waals surface area contributed by atoms with Crippen LogP contribution in [0.3, 0.4) is 0 Å². The Morgan fingerprint density at radius 2 is 1.61 bits per heavy atom. The van der Waals surface area contributed by atoms with Crippen LogP contribution in [0, 0.1) is 11.8 Å². The van der Waals surface area contributed by atoms with E-state index < -0.39 is 17.4 Å². The predicted molar refractivity (Wildman–Crippen MR) is 112 cm³/mol. The molecule has 2 aromatic rings. The van der Waals surface area contributed by atoms with Crippen molar-refractivity contribution >= 4 is 17.8 Å². The Morgan fingerprint density at radius 3 is 2.19 bits per heavy atom. The highest BCUT2D eigenvalue weighted by molar-refractivity contribution is 6.08. The van der Waals surface area contributed by atoms with Gasteiger partial charge in [0.1, 0.15) is 5.60 Å². The summed E-state index contributed by atoms with van der Waals surface area (Å²) in [4.78, 5) is 40.2. The van der Waals surface area contributed by atoms with Crippen molar-refractivity contribution in [2.75, 3.05) is 20.3 Å². The zero-order chi connectivity index (χ0) is 21.8. The molecular formula is C25H25NO5. The van der Waals surface area contributed by atoms with Gasteiger partial charge in [0.2, 0.25) is 11.8 Å². The molecule has 31 heavy (non-hydrogen) atoms. The van der Waals surface area contributed by atoms with Crippen molar-refractivity contribution in [1.29, 1.82) is 0 Å². The Labute approximate surface area is 181 Å². The maximum absolute atomic E-state index is 13.6. The van der Waals surface area contributed by atoms with Crippen molar-refractivity contribution in [3.8, 4) is 0 Å². The first kappa shape index (κ1) is 19.9. The van der Waals surface area contributed by atoms with E-state index in [1.807, 2.05) is 48.5 Å². The van der Waals surface area contributed by atoms with Crippen LogP contribution in [-0.2, 0) is 29.5 Å². The number of carbonyl (C=O) groups is 3. The lowest BCUT2D eigenvalue weighted by atomic mass is 9.52. The molecule has 1 heterocycles. The summed E-state index contributed by atoms with van der Waals surface area (Å²) in [5.74, 6) is -1.99. The van der Waals surface area contributed by atoms with Gasteiger partial charge in [-0.1, -0.05) is 48.5 Å². The number of hydrogen-bond acceptors (Lipinski definition) is 5. The molecule has 2 bridgehead atoms. The second-order valence-electron chi connectivity index (χ2n) is 8.33. The van der Waals surface area contributed by atoms with Gasteiger partial charge in [-0.15, -0.1) is 0 Å². The Hall–Kier alpha value is -2.99. The van der Waals surface area contributed by atoms with Crippen LogP contribution < -0.4 is 0 Å². The van der Waals surface area contributed by atoms with Gasteiger partial charge in [0.15, 0.2) is 0 Å². The summed E-state index contributed by atoms with van der Waals surface area (Å²) in [7, 11) is 1.62. The topological polar surface area (TPSA) is 72.9 Å². The lowest BCUT2D eigenvalue weighted by Gasteiger charge is -2.53. The van der Waals surface area contributed by atoms with Crippen molar-refractivity contribution in [2.45, 2.75) is 31.3 Å². The Bertz CT molecular complexity index is 1030. The van der Waals surface area contributed by atoms with E-state index >= 15 is 0 Å². The largest absolute Gasteiger partial charge is 0.466 e. The molecule has 0 radical (unpaired) electrons.